The number of nitrogens with zero attached hydrogens (tertiary/aromatic N) is 4. The summed E-state index contributed by atoms with van der Waals surface area (Å²) in [6, 6.07) is 5.85. The van der Waals surface area contributed by atoms with E-state index in [0.29, 0.717) is 36.5 Å². The maximum atomic E-state index is 14.6. The van der Waals surface area contributed by atoms with E-state index in [1.807, 2.05) is 13.0 Å². The second-order valence-corrected chi connectivity index (χ2v) is 12.1. The molecule has 5 nitrogen and oxygen atoms in total. The van der Waals surface area contributed by atoms with Crippen molar-refractivity contribution in [1.29, 1.82) is 0 Å². The van der Waals surface area contributed by atoms with Crippen molar-refractivity contribution in [3.05, 3.63) is 108 Å². The summed E-state index contributed by atoms with van der Waals surface area (Å²) < 4.78 is 66.0. The van der Waals surface area contributed by atoms with E-state index in [1.165, 1.54) is 30.4 Å². The molecule has 1 atom stereocenters. The molecule has 0 radical (unpaired) electrons. The van der Waals surface area contributed by atoms with E-state index < -0.39 is 29.8 Å². The molecule has 0 N–H and O–H groups in total. The number of allylic oxidation sites excluding steroid dienone is 9. The summed E-state index contributed by atoms with van der Waals surface area (Å²) in [6.07, 6.45) is 10.4. The highest BCUT2D eigenvalue weighted by Crippen LogP contribution is 2.43. The molecule has 1 aromatic rings. The van der Waals surface area contributed by atoms with Crippen LogP contribution in [0.5, 0.6) is 0 Å². The highest BCUT2D eigenvalue weighted by atomic mass is 19.4. The van der Waals surface area contributed by atoms with Crippen LogP contribution in [0.3, 0.4) is 0 Å². The number of aliphatic imine (C=N–C) groups is 1. The van der Waals surface area contributed by atoms with Crippen molar-refractivity contribution in [2.24, 2.45) is 10.9 Å². The van der Waals surface area contributed by atoms with Crippen LogP contribution in [0.2, 0.25) is 0 Å². The number of benzene rings is 1. The van der Waals surface area contributed by atoms with Crippen molar-refractivity contribution in [2.45, 2.75) is 63.6 Å². The average molecular weight is 657 g/mol. The molecule has 0 bridgehead atoms. The van der Waals surface area contributed by atoms with Crippen LogP contribution in [0.15, 0.2) is 102 Å². The normalized spacial score (nSPS) is 23.1. The van der Waals surface area contributed by atoms with E-state index in [0.717, 1.165) is 64.0 Å². The van der Waals surface area contributed by atoms with Gasteiger partial charge in [-0.2, -0.15) is 13.2 Å². The van der Waals surface area contributed by atoms with Gasteiger partial charge in [0.1, 0.15) is 11.6 Å². The molecule has 1 unspecified atom stereocenters. The van der Waals surface area contributed by atoms with Gasteiger partial charge < -0.3 is 9.80 Å². The number of carbonyl (C=O) groups is 1. The van der Waals surface area contributed by atoms with Crippen molar-refractivity contribution in [3.63, 3.8) is 0 Å². The Balaban J connectivity index is 0.00000245. The Morgan fingerprint density at radius 1 is 1.02 bits per heavy atom. The number of rotatable bonds is 9. The Morgan fingerprint density at radius 2 is 1.70 bits per heavy atom. The third-order valence-electron chi connectivity index (χ3n) is 9.15. The van der Waals surface area contributed by atoms with Gasteiger partial charge in [-0.3, -0.25) is 9.69 Å². The first-order valence-corrected chi connectivity index (χ1v) is 16.4. The van der Waals surface area contributed by atoms with E-state index in [9.17, 15) is 26.7 Å². The third-order valence-corrected chi connectivity index (χ3v) is 9.15. The minimum absolute atomic E-state index is 0.214. The van der Waals surface area contributed by atoms with Crippen molar-refractivity contribution in [1.82, 2.24) is 14.7 Å². The standard InChI is InChI=1S/C35H41F5N4O.C2H4/c1-2-26(8-6-19-34(38,39)40)27-17-24-42(25-18-27)20-7-23-44-32(45)35(29-12-15-31(37)16-13-29,28-9-5-10-30(36)14-11-28)41-33(44)43-21-3-4-22-43;1-2/h2,5-6,8,10-16,27H,3-4,7,9,17-25H2,1H3;1-2H2/b8-6-,26-2+;. The molecular weight excluding hydrogens is 611 g/mol. The van der Waals surface area contributed by atoms with Crippen LogP contribution in [0.4, 0.5) is 22.0 Å². The van der Waals surface area contributed by atoms with Crippen molar-refractivity contribution >= 4 is 11.9 Å². The molecule has 2 saturated heterocycles. The van der Waals surface area contributed by atoms with Gasteiger partial charge in [-0.15, -0.1) is 13.2 Å². The largest absolute Gasteiger partial charge is 0.392 e. The van der Waals surface area contributed by atoms with Gasteiger partial charge in [-0.1, -0.05) is 42.5 Å². The summed E-state index contributed by atoms with van der Waals surface area (Å²) >= 11 is 0. The van der Waals surface area contributed by atoms with E-state index in [4.69, 9.17) is 4.99 Å². The first-order chi connectivity index (χ1) is 22.6. The molecule has 0 saturated carbocycles. The number of hydrogen-bond acceptors (Lipinski definition) is 4. The Hall–Kier alpha value is -3.79. The fourth-order valence-corrected chi connectivity index (χ4v) is 6.79. The van der Waals surface area contributed by atoms with Crippen LogP contribution in [0, 0.1) is 11.7 Å². The summed E-state index contributed by atoms with van der Waals surface area (Å²) in [4.78, 5) is 26.0. The lowest BCUT2D eigenvalue weighted by molar-refractivity contribution is -0.130. The van der Waals surface area contributed by atoms with Gasteiger partial charge in [0, 0.05) is 19.6 Å². The molecule has 3 heterocycles. The first-order valence-electron chi connectivity index (χ1n) is 16.4. The van der Waals surface area contributed by atoms with Gasteiger partial charge in [-0.25, -0.2) is 13.8 Å². The monoisotopic (exact) mass is 656 g/mol. The average Bonchev–Trinajstić information content (AvgIpc) is 3.63. The highest BCUT2D eigenvalue weighted by molar-refractivity contribution is 6.09. The Morgan fingerprint density at radius 3 is 2.34 bits per heavy atom. The van der Waals surface area contributed by atoms with Gasteiger partial charge in [0.15, 0.2) is 5.54 Å². The molecule has 10 heteroatoms. The van der Waals surface area contributed by atoms with Crippen molar-refractivity contribution in [3.8, 4) is 0 Å². The van der Waals surface area contributed by atoms with Gasteiger partial charge >= 0.3 is 6.18 Å². The van der Waals surface area contributed by atoms with E-state index >= 15 is 0 Å². The van der Waals surface area contributed by atoms with Crippen LogP contribution < -0.4 is 0 Å². The molecule has 0 aromatic heterocycles. The summed E-state index contributed by atoms with van der Waals surface area (Å²) in [6.45, 7) is 12.3. The third kappa shape index (κ3) is 8.77. The second kappa shape index (κ2) is 16.4. The van der Waals surface area contributed by atoms with E-state index in [2.05, 4.69) is 23.0 Å². The number of alkyl halides is 3. The summed E-state index contributed by atoms with van der Waals surface area (Å²) in [7, 11) is 0. The van der Waals surface area contributed by atoms with Gasteiger partial charge in [0.25, 0.3) is 5.91 Å². The highest BCUT2D eigenvalue weighted by Gasteiger charge is 2.53. The van der Waals surface area contributed by atoms with E-state index in [-0.39, 0.29) is 11.8 Å². The number of halogens is 5. The quantitative estimate of drug-likeness (QED) is 0.152. The molecule has 4 aliphatic rings. The zero-order valence-electron chi connectivity index (χ0n) is 27.1. The number of carbonyl (C=O) groups excluding carboxylic acids is 1. The van der Waals surface area contributed by atoms with Gasteiger partial charge in [0.2, 0.25) is 5.96 Å². The lowest BCUT2D eigenvalue weighted by Crippen LogP contribution is -2.47. The van der Waals surface area contributed by atoms with Crippen LogP contribution >= 0.6 is 0 Å². The summed E-state index contributed by atoms with van der Waals surface area (Å²) in [5.74, 6) is -0.200. The summed E-state index contributed by atoms with van der Waals surface area (Å²) in [5, 5.41) is 0. The van der Waals surface area contributed by atoms with Crippen LogP contribution in [0.25, 0.3) is 0 Å². The smallest absolute Gasteiger partial charge is 0.342 e. The van der Waals surface area contributed by atoms with Crippen LogP contribution in [-0.4, -0.2) is 72.0 Å². The van der Waals surface area contributed by atoms with Gasteiger partial charge in [0.05, 0.1) is 6.42 Å². The molecule has 2 fully saturated rings. The number of likely N-dealkylation sites (tertiary alicyclic amines) is 2. The Kier molecular flexibility index (Phi) is 12.5. The zero-order chi connectivity index (χ0) is 34.0. The SMILES string of the molecule is C/C=C(\C=C/CC(F)(F)F)C1CCN(CCCN2C(=O)C(C3=CC=C(F)C=CC3)(c3ccc(F)cc3)N=C2N2CCCC2)CC1.C=C. The Labute approximate surface area is 275 Å². The molecule has 0 spiro atoms. The maximum Gasteiger partial charge on any atom is 0.392 e. The lowest BCUT2D eigenvalue weighted by atomic mass is 9.80. The lowest BCUT2D eigenvalue weighted by Gasteiger charge is -2.33. The molecule has 1 amide bonds. The molecule has 47 heavy (non-hydrogen) atoms. The summed E-state index contributed by atoms with van der Waals surface area (Å²) in [5.41, 5.74) is 0.711. The fraction of sp³-hybridized carbons (Fsp3) is 0.459. The predicted octanol–water partition coefficient (Wildman–Crippen LogP) is 8.41. The molecule has 3 aliphatic heterocycles. The van der Waals surface area contributed by atoms with Crippen molar-refractivity contribution < 1.29 is 26.7 Å². The minimum atomic E-state index is -4.20. The fourth-order valence-electron chi connectivity index (χ4n) is 6.79. The van der Waals surface area contributed by atoms with Crippen LogP contribution in [-0.2, 0) is 10.3 Å². The number of guanidine groups is 1. The minimum Gasteiger partial charge on any atom is -0.342 e. The molecular formula is C37H45F5N4O. The number of amides is 1. The van der Waals surface area contributed by atoms with E-state index in [1.54, 1.807) is 35.3 Å². The predicted molar refractivity (Wildman–Crippen MR) is 178 cm³/mol. The molecule has 5 rings (SSSR count). The van der Waals surface area contributed by atoms with Crippen LogP contribution in [0.1, 0.15) is 57.4 Å². The molecule has 254 valence electrons. The molecule has 1 aliphatic carbocycles. The molecule has 1 aromatic carbocycles. The maximum absolute atomic E-state index is 14.6. The first kappa shape index (κ1) is 36.1. The topological polar surface area (TPSA) is 39.1 Å². The number of piperidine rings is 1. The van der Waals surface area contributed by atoms with Crippen molar-refractivity contribution in [2.75, 3.05) is 39.3 Å². The zero-order valence-corrected chi connectivity index (χ0v) is 27.1. The number of hydrogen-bond donors (Lipinski definition) is 0. The Bertz CT molecular complexity index is 1410. The second-order valence-electron chi connectivity index (χ2n) is 12.1. The van der Waals surface area contributed by atoms with Gasteiger partial charge in [-0.05, 0) is 112 Å².